The van der Waals surface area contributed by atoms with Crippen molar-refractivity contribution in [3.63, 3.8) is 0 Å². The van der Waals surface area contributed by atoms with E-state index < -0.39 is 10.0 Å². The third-order valence-electron chi connectivity index (χ3n) is 2.67. The van der Waals surface area contributed by atoms with Crippen molar-refractivity contribution in [1.82, 2.24) is 14.1 Å². The Balaban J connectivity index is 2.38. The zero-order chi connectivity index (χ0) is 14.0. The quantitative estimate of drug-likeness (QED) is 0.822. The molecule has 2 heterocycles. The van der Waals surface area contributed by atoms with Crippen molar-refractivity contribution in [2.45, 2.75) is 18.1 Å². The molecule has 2 rings (SSSR count). The molecule has 2 N–H and O–H groups in total. The second-order valence-electron chi connectivity index (χ2n) is 3.97. The normalized spacial score (nSPS) is 13.8. The molecule has 0 saturated carbocycles. The highest BCUT2D eigenvalue weighted by molar-refractivity contribution is 7.89. The molecule has 106 valence electrons. The maximum Gasteiger partial charge on any atom is 0.260 e. The lowest BCUT2D eigenvalue weighted by Crippen LogP contribution is -2.32. The number of thiazole rings is 1. The lowest BCUT2D eigenvalue weighted by atomic mass is 10.4. The van der Waals surface area contributed by atoms with Gasteiger partial charge in [-0.2, -0.15) is 0 Å². The second kappa shape index (κ2) is 5.45. The fourth-order valence-corrected chi connectivity index (χ4v) is 3.73. The summed E-state index contributed by atoms with van der Waals surface area (Å²) < 4.78 is 33.8. The van der Waals surface area contributed by atoms with Crippen molar-refractivity contribution in [1.29, 1.82) is 0 Å². The SMILES string of the molecule is CNc1nc2sccn2c1S(=O)(=O)NCC(C)OC. The van der Waals surface area contributed by atoms with Gasteiger partial charge in [0, 0.05) is 32.3 Å². The molecule has 0 radical (unpaired) electrons. The molecule has 0 bridgehead atoms. The molecular weight excluding hydrogens is 288 g/mol. The van der Waals surface area contributed by atoms with E-state index in [9.17, 15) is 8.42 Å². The van der Waals surface area contributed by atoms with Crippen molar-refractivity contribution >= 4 is 32.1 Å². The molecule has 2 aromatic rings. The molecule has 19 heavy (non-hydrogen) atoms. The van der Waals surface area contributed by atoms with Crippen LogP contribution >= 0.6 is 11.3 Å². The molecule has 2 aromatic heterocycles. The number of anilines is 1. The van der Waals surface area contributed by atoms with E-state index in [-0.39, 0.29) is 17.7 Å². The Hall–Kier alpha value is -1.16. The first-order valence-electron chi connectivity index (χ1n) is 5.65. The molecule has 0 aliphatic rings. The van der Waals surface area contributed by atoms with Crippen molar-refractivity contribution < 1.29 is 13.2 Å². The fraction of sp³-hybridized carbons (Fsp3) is 0.500. The van der Waals surface area contributed by atoms with Gasteiger partial charge >= 0.3 is 0 Å². The van der Waals surface area contributed by atoms with E-state index in [4.69, 9.17) is 4.74 Å². The van der Waals surface area contributed by atoms with Gasteiger partial charge in [0.25, 0.3) is 10.0 Å². The number of aromatic nitrogens is 2. The number of hydrogen-bond acceptors (Lipinski definition) is 6. The summed E-state index contributed by atoms with van der Waals surface area (Å²) in [5.74, 6) is 0.337. The second-order valence-corrected chi connectivity index (χ2v) is 6.52. The van der Waals surface area contributed by atoms with Crippen LogP contribution in [-0.4, -0.2) is 44.6 Å². The summed E-state index contributed by atoms with van der Waals surface area (Å²) in [6.07, 6.45) is 1.49. The van der Waals surface area contributed by atoms with Gasteiger partial charge in [-0.25, -0.2) is 18.1 Å². The van der Waals surface area contributed by atoms with Crippen LogP contribution in [0.3, 0.4) is 0 Å². The van der Waals surface area contributed by atoms with Crippen LogP contribution in [0.2, 0.25) is 0 Å². The number of methoxy groups -OCH3 is 1. The molecule has 0 amide bonds. The topological polar surface area (TPSA) is 84.7 Å². The number of nitrogens with one attached hydrogen (secondary N) is 2. The molecule has 1 unspecified atom stereocenters. The largest absolute Gasteiger partial charge is 0.380 e. The van der Waals surface area contributed by atoms with Crippen LogP contribution in [0.5, 0.6) is 0 Å². The first-order chi connectivity index (χ1) is 8.99. The summed E-state index contributed by atoms with van der Waals surface area (Å²) in [5.41, 5.74) is 0. The van der Waals surface area contributed by atoms with Crippen LogP contribution in [-0.2, 0) is 14.8 Å². The van der Waals surface area contributed by atoms with Gasteiger partial charge in [-0.1, -0.05) is 0 Å². The van der Waals surface area contributed by atoms with Crippen LogP contribution in [0.4, 0.5) is 5.82 Å². The summed E-state index contributed by atoms with van der Waals surface area (Å²) >= 11 is 1.38. The summed E-state index contributed by atoms with van der Waals surface area (Å²) in [4.78, 5) is 4.85. The number of rotatable bonds is 6. The Morgan fingerprint density at radius 3 is 2.95 bits per heavy atom. The van der Waals surface area contributed by atoms with Crippen molar-refractivity contribution in [3.05, 3.63) is 11.6 Å². The van der Waals surface area contributed by atoms with Crippen molar-refractivity contribution in [2.75, 3.05) is 26.0 Å². The fourth-order valence-electron chi connectivity index (χ4n) is 1.56. The lowest BCUT2D eigenvalue weighted by molar-refractivity contribution is 0.122. The highest BCUT2D eigenvalue weighted by atomic mass is 32.2. The number of nitrogens with zero attached hydrogens (tertiary/aromatic N) is 2. The van der Waals surface area contributed by atoms with E-state index in [2.05, 4.69) is 15.0 Å². The van der Waals surface area contributed by atoms with Crippen LogP contribution in [0.1, 0.15) is 6.92 Å². The highest BCUT2D eigenvalue weighted by Gasteiger charge is 2.25. The van der Waals surface area contributed by atoms with Crippen LogP contribution < -0.4 is 10.0 Å². The van der Waals surface area contributed by atoms with Crippen molar-refractivity contribution in [3.8, 4) is 0 Å². The van der Waals surface area contributed by atoms with Gasteiger partial charge in [0.1, 0.15) is 0 Å². The van der Waals surface area contributed by atoms with Crippen LogP contribution in [0.25, 0.3) is 4.96 Å². The molecular formula is C10H16N4O3S2. The number of ether oxygens (including phenoxy) is 1. The van der Waals surface area contributed by atoms with E-state index in [0.717, 1.165) is 0 Å². The number of hydrogen-bond donors (Lipinski definition) is 2. The molecule has 0 fully saturated rings. The van der Waals surface area contributed by atoms with E-state index in [1.54, 1.807) is 29.9 Å². The Morgan fingerprint density at radius 1 is 1.58 bits per heavy atom. The van der Waals surface area contributed by atoms with E-state index >= 15 is 0 Å². The van der Waals surface area contributed by atoms with Crippen LogP contribution in [0, 0.1) is 0 Å². The third kappa shape index (κ3) is 2.73. The standard InChI is InChI=1S/C10H16N4O3S2/c1-7(17-3)6-12-19(15,16)9-8(11-2)13-10-14(9)4-5-18-10/h4-5,7,11-12H,6H2,1-3H3. The molecule has 0 saturated heterocycles. The summed E-state index contributed by atoms with van der Waals surface area (Å²) in [6, 6.07) is 0. The van der Waals surface area contributed by atoms with Crippen LogP contribution in [0.15, 0.2) is 16.6 Å². The predicted octanol–water partition coefficient (Wildman–Crippen LogP) is 0.751. The zero-order valence-corrected chi connectivity index (χ0v) is 12.5. The molecule has 0 spiro atoms. The number of fused-ring (bicyclic) bond motifs is 1. The maximum atomic E-state index is 12.3. The average Bonchev–Trinajstić information content (AvgIpc) is 2.94. The van der Waals surface area contributed by atoms with Crippen molar-refractivity contribution in [2.24, 2.45) is 0 Å². The smallest absolute Gasteiger partial charge is 0.260 e. The molecule has 0 aromatic carbocycles. The predicted molar refractivity (Wildman–Crippen MR) is 74.3 cm³/mol. The highest BCUT2D eigenvalue weighted by Crippen LogP contribution is 2.25. The Kier molecular flexibility index (Phi) is 4.09. The first kappa shape index (κ1) is 14.3. The lowest BCUT2D eigenvalue weighted by Gasteiger charge is -2.11. The van der Waals surface area contributed by atoms with Gasteiger partial charge in [-0.05, 0) is 6.92 Å². The van der Waals surface area contributed by atoms with E-state index in [0.29, 0.717) is 10.8 Å². The summed E-state index contributed by atoms with van der Waals surface area (Å²) in [6.45, 7) is 2.00. The van der Waals surface area contributed by atoms with E-state index in [1.165, 1.54) is 18.4 Å². The van der Waals surface area contributed by atoms with Gasteiger partial charge in [-0.15, -0.1) is 11.3 Å². The average molecular weight is 304 g/mol. The Labute approximate surface area is 115 Å². The zero-order valence-electron chi connectivity index (χ0n) is 10.9. The van der Waals surface area contributed by atoms with Gasteiger partial charge in [0.2, 0.25) is 0 Å². The number of imidazole rings is 1. The Morgan fingerprint density at radius 2 is 2.32 bits per heavy atom. The van der Waals surface area contributed by atoms with Gasteiger partial charge in [0.05, 0.1) is 6.10 Å². The monoisotopic (exact) mass is 304 g/mol. The third-order valence-corrected chi connectivity index (χ3v) is 4.88. The molecule has 7 nitrogen and oxygen atoms in total. The summed E-state index contributed by atoms with van der Waals surface area (Å²) in [7, 11) is -0.469. The number of sulfonamides is 1. The maximum absolute atomic E-state index is 12.3. The van der Waals surface area contributed by atoms with Gasteiger partial charge in [0.15, 0.2) is 15.8 Å². The first-order valence-corrected chi connectivity index (χ1v) is 8.01. The minimum absolute atomic E-state index is 0.120. The summed E-state index contributed by atoms with van der Waals surface area (Å²) in [5, 5.41) is 4.71. The molecule has 0 aliphatic heterocycles. The van der Waals surface area contributed by atoms with E-state index in [1.807, 2.05) is 0 Å². The van der Waals surface area contributed by atoms with Gasteiger partial charge < -0.3 is 10.1 Å². The molecule has 1 atom stereocenters. The minimum atomic E-state index is -3.65. The van der Waals surface area contributed by atoms with Gasteiger partial charge in [-0.3, -0.25) is 4.40 Å². The molecule has 9 heteroatoms. The molecule has 0 aliphatic carbocycles. The minimum Gasteiger partial charge on any atom is -0.380 e. The Bertz CT molecular complexity index is 661.